The van der Waals surface area contributed by atoms with Crippen LogP contribution in [-0.2, 0) is 11.2 Å². The number of pyridine rings is 1. The smallest absolute Gasteiger partial charge is 0.227 e. The van der Waals surface area contributed by atoms with Crippen LogP contribution in [0, 0.1) is 17.3 Å². The number of carbonyl (C=O) groups is 1. The van der Waals surface area contributed by atoms with Crippen LogP contribution in [0.25, 0.3) is 26.6 Å². The number of nitrogens with one attached hydrogen (secondary N) is 2. The van der Waals surface area contributed by atoms with Gasteiger partial charge in [-0.15, -0.1) is 0 Å². The van der Waals surface area contributed by atoms with Gasteiger partial charge in [0.15, 0.2) is 4.96 Å². The summed E-state index contributed by atoms with van der Waals surface area (Å²) in [6.07, 6.45) is 6.98. The molecule has 2 aliphatic rings. The van der Waals surface area contributed by atoms with E-state index < -0.39 is 0 Å². The molecule has 1 saturated heterocycles. The summed E-state index contributed by atoms with van der Waals surface area (Å²) in [5, 5.41) is 10.8. The second kappa shape index (κ2) is 11.6. The van der Waals surface area contributed by atoms with Gasteiger partial charge in [0.1, 0.15) is 16.4 Å². The standard InChI is InChI=1S/C34H41N7O2S/c1-21(2)29-18-26(39-43-29)17-22(3)23(4)31(42)36-25-7-5-24(6-8-25)27-19-41-28-9-10-30(38-32(28)44-33(41)37-27)35-14-16-40-15-13-34(20-40)11-12-34/h5-10,18-19,21-23H,11-17,20H2,1-4H3,(H,35,38)(H,36,42). The molecule has 7 rings (SSSR count). The van der Waals surface area contributed by atoms with E-state index in [2.05, 4.69) is 64.2 Å². The minimum absolute atomic E-state index is 0.00384. The van der Waals surface area contributed by atoms with Gasteiger partial charge in [0.05, 0.1) is 16.9 Å². The van der Waals surface area contributed by atoms with Gasteiger partial charge < -0.3 is 20.1 Å². The van der Waals surface area contributed by atoms with Crippen LogP contribution in [0.3, 0.4) is 0 Å². The summed E-state index contributed by atoms with van der Waals surface area (Å²) in [5.74, 6) is 2.04. The van der Waals surface area contributed by atoms with Gasteiger partial charge in [0.2, 0.25) is 5.91 Å². The number of hydrogen-bond acceptors (Lipinski definition) is 8. The summed E-state index contributed by atoms with van der Waals surface area (Å²) >= 11 is 1.60. The molecule has 10 heteroatoms. The van der Waals surface area contributed by atoms with Gasteiger partial charge in [-0.2, -0.15) is 0 Å². The lowest BCUT2D eigenvalue weighted by Crippen LogP contribution is -2.27. The van der Waals surface area contributed by atoms with Crippen molar-refractivity contribution in [2.75, 3.05) is 36.8 Å². The number of imidazole rings is 1. The normalized spacial score (nSPS) is 17.6. The Balaban J connectivity index is 0.950. The van der Waals surface area contributed by atoms with E-state index in [9.17, 15) is 4.79 Å². The van der Waals surface area contributed by atoms with Crippen molar-refractivity contribution >= 4 is 44.1 Å². The summed E-state index contributed by atoms with van der Waals surface area (Å²) in [4.78, 5) is 27.2. The number of nitrogens with zero attached hydrogens (tertiary/aromatic N) is 5. The third-order valence-corrected chi connectivity index (χ3v) is 10.5. The molecule has 1 spiro atoms. The van der Waals surface area contributed by atoms with Crippen molar-refractivity contribution in [1.29, 1.82) is 0 Å². The molecule has 1 saturated carbocycles. The summed E-state index contributed by atoms with van der Waals surface area (Å²) < 4.78 is 7.53. The Morgan fingerprint density at radius 1 is 1.07 bits per heavy atom. The van der Waals surface area contributed by atoms with Crippen LogP contribution in [-0.4, -0.2) is 56.5 Å². The van der Waals surface area contributed by atoms with Gasteiger partial charge in [-0.05, 0) is 67.8 Å². The minimum atomic E-state index is -0.175. The van der Waals surface area contributed by atoms with E-state index in [1.807, 2.05) is 37.3 Å². The van der Waals surface area contributed by atoms with E-state index in [1.54, 1.807) is 11.3 Å². The van der Waals surface area contributed by atoms with Crippen LogP contribution in [0.2, 0.25) is 0 Å². The second-order valence-corrected chi connectivity index (χ2v) is 14.2. The van der Waals surface area contributed by atoms with Crippen molar-refractivity contribution in [1.82, 2.24) is 24.4 Å². The molecule has 1 aliphatic heterocycles. The number of fused-ring (bicyclic) bond motifs is 3. The first-order valence-electron chi connectivity index (χ1n) is 15.9. The number of rotatable bonds is 11. The molecule has 1 aliphatic carbocycles. The predicted octanol–water partition coefficient (Wildman–Crippen LogP) is 7.07. The third kappa shape index (κ3) is 5.97. The van der Waals surface area contributed by atoms with Crippen molar-refractivity contribution in [3.63, 3.8) is 0 Å². The highest BCUT2D eigenvalue weighted by Crippen LogP contribution is 2.52. The van der Waals surface area contributed by atoms with Crippen molar-refractivity contribution in [2.24, 2.45) is 17.3 Å². The summed E-state index contributed by atoms with van der Waals surface area (Å²) in [6.45, 7) is 12.7. The molecule has 44 heavy (non-hydrogen) atoms. The highest BCUT2D eigenvalue weighted by atomic mass is 32.1. The number of anilines is 2. The van der Waals surface area contributed by atoms with E-state index in [1.165, 1.54) is 32.4 Å². The molecule has 2 atom stereocenters. The molecule has 2 unspecified atom stereocenters. The second-order valence-electron chi connectivity index (χ2n) is 13.3. The van der Waals surface area contributed by atoms with Crippen molar-refractivity contribution < 1.29 is 9.32 Å². The number of likely N-dealkylation sites (tertiary alicyclic amines) is 1. The number of aromatic nitrogens is 4. The van der Waals surface area contributed by atoms with E-state index in [-0.39, 0.29) is 17.7 Å². The molecule has 2 fully saturated rings. The maximum Gasteiger partial charge on any atom is 0.227 e. The molecular formula is C34H41N7O2S. The Kier molecular flexibility index (Phi) is 7.66. The van der Waals surface area contributed by atoms with Gasteiger partial charge in [0, 0.05) is 55.0 Å². The number of hydrogen-bond donors (Lipinski definition) is 2. The van der Waals surface area contributed by atoms with Crippen molar-refractivity contribution in [2.45, 2.75) is 59.3 Å². The largest absolute Gasteiger partial charge is 0.369 e. The van der Waals surface area contributed by atoms with Crippen LogP contribution < -0.4 is 10.6 Å². The zero-order valence-electron chi connectivity index (χ0n) is 26.0. The quantitative estimate of drug-likeness (QED) is 0.165. The number of thiazole rings is 1. The van der Waals surface area contributed by atoms with Gasteiger partial charge >= 0.3 is 0 Å². The van der Waals surface area contributed by atoms with Gasteiger partial charge in [0.25, 0.3) is 0 Å². The minimum Gasteiger partial charge on any atom is -0.369 e. The SMILES string of the molecule is CC(C)c1cc(CC(C)C(C)C(=O)Nc2ccc(-c3cn4c(n3)sc3nc(NCCN5CCC6(CC6)C5)ccc34)cc2)no1. The Labute approximate surface area is 262 Å². The fourth-order valence-corrected chi connectivity index (χ4v) is 7.19. The highest BCUT2D eigenvalue weighted by molar-refractivity contribution is 7.23. The van der Waals surface area contributed by atoms with Crippen LogP contribution in [0.15, 0.2) is 53.2 Å². The molecule has 230 valence electrons. The van der Waals surface area contributed by atoms with Crippen LogP contribution in [0.1, 0.15) is 64.3 Å². The Morgan fingerprint density at radius 3 is 2.61 bits per heavy atom. The topological polar surface area (TPSA) is 101 Å². The predicted molar refractivity (Wildman–Crippen MR) is 176 cm³/mol. The Morgan fingerprint density at radius 2 is 1.89 bits per heavy atom. The maximum atomic E-state index is 13.0. The lowest BCUT2D eigenvalue weighted by atomic mass is 9.90. The average Bonchev–Trinajstić information content (AvgIpc) is 3.39. The van der Waals surface area contributed by atoms with Gasteiger partial charge in [-0.1, -0.05) is 56.3 Å². The monoisotopic (exact) mass is 611 g/mol. The van der Waals surface area contributed by atoms with E-state index in [0.29, 0.717) is 17.8 Å². The number of carbonyl (C=O) groups excluding carboxylic acids is 1. The van der Waals surface area contributed by atoms with E-state index in [4.69, 9.17) is 14.5 Å². The van der Waals surface area contributed by atoms with Crippen molar-refractivity contribution in [3.05, 3.63) is 60.1 Å². The first-order chi connectivity index (χ1) is 21.2. The average molecular weight is 612 g/mol. The molecule has 9 nitrogen and oxygen atoms in total. The fraction of sp³-hybridized carbons (Fsp3) is 0.471. The van der Waals surface area contributed by atoms with E-state index >= 15 is 0 Å². The summed E-state index contributed by atoms with van der Waals surface area (Å²) in [7, 11) is 0. The lowest BCUT2D eigenvalue weighted by Gasteiger charge is -2.18. The molecule has 5 aromatic rings. The summed E-state index contributed by atoms with van der Waals surface area (Å²) in [6, 6.07) is 14.1. The van der Waals surface area contributed by atoms with Crippen LogP contribution in [0.5, 0.6) is 0 Å². The molecule has 1 aromatic carbocycles. The number of amides is 1. The Hall–Kier alpha value is -3.76. The molecule has 0 bridgehead atoms. The zero-order valence-corrected chi connectivity index (χ0v) is 26.8. The first-order valence-corrected chi connectivity index (χ1v) is 16.7. The zero-order chi connectivity index (χ0) is 30.4. The molecule has 2 N–H and O–H groups in total. The van der Waals surface area contributed by atoms with Crippen LogP contribution >= 0.6 is 11.3 Å². The Bertz CT molecular complexity index is 1780. The van der Waals surface area contributed by atoms with Gasteiger partial charge in [-0.3, -0.25) is 9.20 Å². The molecule has 1 amide bonds. The lowest BCUT2D eigenvalue weighted by molar-refractivity contribution is -0.120. The number of benzene rings is 1. The van der Waals surface area contributed by atoms with Crippen molar-refractivity contribution in [3.8, 4) is 11.3 Å². The first kappa shape index (κ1) is 29.0. The third-order valence-electron chi connectivity index (χ3n) is 9.56. The fourth-order valence-electron chi connectivity index (χ4n) is 6.21. The highest BCUT2D eigenvalue weighted by Gasteiger charge is 2.47. The molecule has 0 radical (unpaired) electrons. The van der Waals surface area contributed by atoms with Gasteiger partial charge in [-0.25, -0.2) is 9.97 Å². The van der Waals surface area contributed by atoms with Crippen LogP contribution in [0.4, 0.5) is 11.5 Å². The summed E-state index contributed by atoms with van der Waals surface area (Å²) in [5.41, 5.74) is 5.30. The molecule has 4 aromatic heterocycles. The molecular weight excluding hydrogens is 570 g/mol. The molecule has 5 heterocycles. The van der Waals surface area contributed by atoms with E-state index in [0.717, 1.165) is 62.6 Å². The maximum absolute atomic E-state index is 13.0.